The van der Waals surface area contributed by atoms with Gasteiger partial charge in [-0.15, -0.1) is 0 Å². The summed E-state index contributed by atoms with van der Waals surface area (Å²) in [6.45, 7) is 3.68. The lowest BCUT2D eigenvalue weighted by molar-refractivity contribution is -0.137. The fourth-order valence-corrected chi connectivity index (χ4v) is 5.98. The van der Waals surface area contributed by atoms with Crippen molar-refractivity contribution in [1.82, 2.24) is 14.4 Å². The Balaban J connectivity index is 1.34. The van der Waals surface area contributed by atoms with Gasteiger partial charge in [0.15, 0.2) is 0 Å². The highest BCUT2D eigenvalue weighted by Crippen LogP contribution is 2.31. The molecular weight excluding hydrogens is 639 g/mol. The van der Waals surface area contributed by atoms with Crippen molar-refractivity contribution in [2.75, 3.05) is 37.4 Å². The molecule has 3 aromatic carbocycles. The fraction of sp³-hybridized carbons (Fsp3) is 0.361. The number of nitrogens with zero attached hydrogens (tertiary/aromatic N) is 3. The molecule has 0 aliphatic carbocycles. The number of likely N-dealkylation sites (N-methyl/N-ethyl adjacent to an activating group) is 1. The van der Waals surface area contributed by atoms with Crippen LogP contribution < -0.4 is 15.4 Å². The number of ether oxygens (including phenoxy) is 1. The minimum Gasteiger partial charge on any atom is -0.488 e. The highest BCUT2D eigenvalue weighted by atomic mass is 19.4. The lowest BCUT2D eigenvalue weighted by atomic mass is 10.0. The van der Waals surface area contributed by atoms with Crippen LogP contribution in [0, 0.1) is 5.92 Å². The first-order chi connectivity index (χ1) is 23.2. The lowest BCUT2D eigenvalue weighted by Crippen LogP contribution is -2.48. The van der Waals surface area contributed by atoms with Crippen LogP contribution in [0.25, 0.3) is 10.9 Å². The lowest BCUT2D eigenvalue weighted by Gasteiger charge is -2.34. The van der Waals surface area contributed by atoms with Crippen molar-refractivity contribution in [2.24, 2.45) is 13.0 Å². The fourth-order valence-electron chi connectivity index (χ4n) is 5.98. The van der Waals surface area contributed by atoms with Gasteiger partial charge in [0.05, 0.1) is 37.6 Å². The van der Waals surface area contributed by atoms with Gasteiger partial charge in [-0.05, 0) is 61.0 Å². The Kier molecular flexibility index (Phi) is 10.5. The van der Waals surface area contributed by atoms with Crippen molar-refractivity contribution in [3.05, 3.63) is 89.6 Å². The average molecular weight is 680 g/mol. The summed E-state index contributed by atoms with van der Waals surface area (Å²) in [7, 11) is 3.47. The summed E-state index contributed by atoms with van der Waals surface area (Å²) in [6.07, 6.45) is -3.08. The molecule has 3 atom stereocenters. The maximum Gasteiger partial charge on any atom is 0.416 e. The van der Waals surface area contributed by atoms with Crippen molar-refractivity contribution in [1.29, 1.82) is 0 Å². The molecule has 3 N–H and O–H groups in total. The van der Waals surface area contributed by atoms with Crippen LogP contribution >= 0.6 is 0 Å². The smallest absolute Gasteiger partial charge is 0.416 e. The summed E-state index contributed by atoms with van der Waals surface area (Å²) >= 11 is 0. The van der Waals surface area contributed by atoms with Gasteiger partial charge >= 0.3 is 12.2 Å². The zero-order valence-electron chi connectivity index (χ0n) is 27.8. The molecule has 4 aromatic rings. The van der Waals surface area contributed by atoms with E-state index >= 15 is 0 Å². The number of anilines is 2. The quantitative estimate of drug-likeness (QED) is 0.221. The average Bonchev–Trinajstić information content (AvgIpc) is 3.39. The van der Waals surface area contributed by atoms with Crippen LogP contribution in [0.2, 0.25) is 0 Å². The maximum atomic E-state index is 13.6. The molecule has 0 spiro atoms. The normalized spacial score (nSPS) is 17.3. The summed E-state index contributed by atoms with van der Waals surface area (Å²) in [6, 6.07) is 16.0. The van der Waals surface area contributed by atoms with E-state index in [1.807, 2.05) is 49.0 Å². The van der Waals surface area contributed by atoms with E-state index in [0.717, 1.165) is 28.6 Å². The Labute approximate surface area is 282 Å². The van der Waals surface area contributed by atoms with Gasteiger partial charge < -0.3 is 34.8 Å². The number of nitrogens with one attached hydrogen (secondary N) is 2. The summed E-state index contributed by atoms with van der Waals surface area (Å²) in [5, 5.41) is 16.5. The minimum absolute atomic E-state index is 0.0452. The predicted octanol–water partition coefficient (Wildman–Crippen LogP) is 5.69. The van der Waals surface area contributed by atoms with Crippen LogP contribution in [-0.2, 0) is 35.7 Å². The number of aliphatic hydroxyl groups is 1. The molecule has 1 aromatic heterocycles. The molecule has 0 unspecified atom stereocenters. The second-order valence-corrected chi connectivity index (χ2v) is 12.6. The number of aliphatic hydroxyl groups excluding tert-OH is 1. The first kappa shape index (κ1) is 35.3. The number of carbonyl (C=O) groups excluding carboxylic acids is 3. The monoisotopic (exact) mass is 679 g/mol. The molecule has 4 amide bonds. The molecule has 13 heteroatoms. The number of aryl methyl sites for hydroxylation is 1. The zero-order valence-corrected chi connectivity index (χ0v) is 27.8. The number of halogens is 3. The Morgan fingerprint density at radius 1 is 1.06 bits per heavy atom. The number of urea groups is 1. The third-order valence-corrected chi connectivity index (χ3v) is 8.79. The predicted molar refractivity (Wildman–Crippen MR) is 180 cm³/mol. The standard InChI is InChI=1S/C36H40F3N5O5/c1-22-18-44(23(2)21-45)34(47)17-24-15-28(40-33(46)16-25-19-42(3)30-8-6-5-7-29(25)30)13-14-31(24)49-32(22)20-43(4)35(48)41-27-11-9-26(10-12-27)36(37,38)39/h5-15,19,22-23,32,45H,16-18,20-21H2,1-4H3,(H,40,46)(H,41,48)/t22-,23-,32+/m1/s1. The third kappa shape index (κ3) is 8.34. The van der Waals surface area contributed by atoms with Gasteiger partial charge in [-0.3, -0.25) is 9.59 Å². The number of carbonyl (C=O) groups is 3. The van der Waals surface area contributed by atoms with E-state index in [-0.39, 0.29) is 56.0 Å². The molecule has 0 saturated heterocycles. The molecule has 1 aliphatic rings. The van der Waals surface area contributed by atoms with E-state index in [0.29, 0.717) is 17.0 Å². The number of para-hydroxylation sites is 1. The van der Waals surface area contributed by atoms with Gasteiger partial charge in [0, 0.05) is 60.6 Å². The largest absolute Gasteiger partial charge is 0.488 e. The molecule has 260 valence electrons. The Morgan fingerprint density at radius 3 is 2.45 bits per heavy atom. The molecule has 2 heterocycles. The molecule has 0 radical (unpaired) electrons. The second kappa shape index (κ2) is 14.6. The summed E-state index contributed by atoms with van der Waals surface area (Å²) in [5.41, 5.74) is 2.29. The number of benzene rings is 3. The van der Waals surface area contributed by atoms with Crippen LogP contribution in [0.4, 0.5) is 29.3 Å². The van der Waals surface area contributed by atoms with Crippen LogP contribution in [-0.4, -0.2) is 76.2 Å². The number of hydrogen-bond acceptors (Lipinski definition) is 5. The SMILES string of the molecule is C[C@@H]1CN([C@H](C)CO)C(=O)Cc2cc(NC(=O)Cc3cn(C)c4ccccc34)ccc2O[C@H]1CN(C)C(=O)Nc1ccc(C(F)(F)F)cc1. The molecule has 10 nitrogen and oxygen atoms in total. The van der Waals surface area contributed by atoms with E-state index in [4.69, 9.17) is 4.74 Å². The van der Waals surface area contributed by atoms with Crippen molar-refractivity contribution < 1.29 is 37.4 Å². The Morgan fingerprint density at radius 2 is 1.76 bits per heavy atom. The molecule has 0 saturated carbocycles. The molecule has 49 heavy (non-hydrogen) atoms. The minimum atomic E-state index is -4.49. The first-order valence-corrected chi connectivity index (χ1v) is 16.0. The number of rotatable bonds is 8. The molecule has 5 rings (SSSR count). The van der Waals surface area contributed by atoms with E-state index in [1.54, 1.807) is 30.0 Å². The number of alkyl halides is 3. The van der Waals surface area contributed by atoms with Gasteiger partial charge in [-0.25, -0.2) is 4.79 Å². The van der Waals surface area contributed by atoms with E-state index < -0.39 is 29.9 Å². The van der Waals surface area contributed by atoms with E-state index in [2.05, 4.69) is 10.6 Å². The zero-order chi connectivity index (χ0) is 35.5. The topological polar surface area (TPSA) is 116 Å². The molecule has 1 aliphatic heterocycles. The van der Waals surface area contributed by atoms with Gasteiger partial charge in [-0.2, -0.15) is 13.2 Å². The molecular formula is C36H40F3N5O5. The number of amides is 4. The van der Waals surface area contributed by atoms with E-state index in [9.17, 15) is 32.7 Å². The van der Waals surface area contributed by atoms with Gasteiger partial charge in [-0.1, -0.05) is 25.1 Å². The molecule has 0 fully saturated rings. The Hall–Kier alpha value is -5.04. The molecule has 0 bridgehead atoms. The highest BCUT2D eigenvalue weighted by Gasteiger charge is 2.33. The van der Waals surface area contributed by atoms with Crippen LogP contribution in [0.1, 0.15) is 30.5 Å². The number of aromatic nitrogens is 1. The van der Waals surface area contributed by atoms with Gasteiger partial charge in [0.25, 0.3) is 0 Å². The van der Waals surface area contributed by atoms with E-state index in [1.165, 1.54) is 24.1 Å². The van der Waals surface area contributed by atoms with Crippen molar-refractivity contribution in [3.8, 4) is 5.75 Å². The number of hydrogen-bond donors (Lipinski definition) is 3. The summed E-state index contributed by atoms with van der Waals surface area (Å²) in [4.78, 5) is 42.7. The van der Waals surface area contributed by atoms with Gasteiger partial charge in [0.2, 0.25) is 11.8 Å². The highest BCUT2D eigenvalue weighted by molar-refractivity contribution is 5.96. The number of fused-ring (bicyclic) bond motifs is 2. The summed E-state index contributed by atoms with van der Waals surface area (Å²) in [5.74, 6) is -0.349. The first-order valence-electron chi connectivity index (χ1n) is 16.0. The van der Waals surface area contributed by atoms with Crippen LogP contribution in [0.3, 0.4) is 0 Å². The van der Waals surface area contributed by atoms with Crippen LogP contribution in [0.5, 0.6) is 5.75 Å². The third-order valence-electron chi connectivity index (χ3n) is 8.79. The maximum absolute atomic E-state index is 13.6. The summed E-state index contributed by atoms with van der Waals surface area (Å²) < 4.78 is 47.3. The van der Waals surface area contributed by atoms with Crippen molar-refractivity contribution in [2.45, 2.75) is 45.0 Å². The second-order valence-electron chi connectivity index (χ2n) is 12.6. The van der Waals surface area contributed by atoms with Gasteiger partial charge in [0.1, 0.15) is 11.9 Å². The van der Waals surface area contributed by atoms with Crippen molar-refractivity contribution in [3.63, 3.8) is 0 Å². The van der Waals surface area contributed by atoms with Crippen LogP contribution in [0.15, 0.2) is 72.9 Å². The Bertz CT molecular complexity index is 1820. The van der Waals surface area contributed by atoms with Crippen molar-refractivity contribution >= 4 is 40.1 Å².